The molecule has 0 aliphatic heterocycles. The predicted octanol–water partition coefficient (Wildman–Crippen LogP) is 4.21. The zero-order valence-electron chi connectivity index (χ0n) is 14.3. The van der Waals surface area contributed by atoms with Gasteiger partial charge in [-0.3, -0.25) is 4.79 Å². The Morgan fingerprint density at radius 2 is 1.83 bits per heavy atom. The highest BCUT2D eigenvalue weighted by molar-refractivity contribution is 5.76. The number of amides is 1. The van der Waals surface area contributed by atoms with Crippen LogP contribution in [0, 0.1) is 0 Å². The number of hydrogen-bond acceptors (Lipinski definition) is 2. The fourth-order valence-corrected chi connectivity index (χ4v) is 3.20. The van der Waals surface area contributed by atoms with E-state index in [2.05, 4.69) is 23.5 Å². The summed E-state index contributed by atoms with van der Waals surface area (Å²) in [5, 5.41) is 3.07. The highest BCUT2D eigenvalue weighted by Gasteiger charge is 2.14. The summed E-state index contributed by atoms with van der Waals surface area (Å²) in [5.74, 6) is 0.823. The summed E-state index contributed by atoms with van der Waals surface area (Å²) >= 11 is 0. The van der Waals surface area contributed by atoms with Gasteiger partial charge < -0.3 is 10.1 Å². The van der Waals surface area contributed by atoms with Gasteiger partial charge >= 0.3 is 0 Å². The first-order valence-electron chi connectivity index (χ1n) is 8.81. The standard InChI is InChI=1S/C21H25NO2/c1-16(18-12-11-17-7-5-6-8-19(17)15-18)22-21(23)13-14-24-20-9-3-2-4-10-20/h2-4,9-12,15-16H,5-8,13-14H2,1H3,(H,22,23). The van der Waals surface area contributed by atoms with Crippen LogP contribution in [0.3, 0.4) is 0 Å². The lowest BCUT2D eigenvalue weighted by molar-refractivity contribution is -0.122. The van der Waals surface area contributed by atoms with Gasteiger partial charge in [-0.15, -0.1) is 0 Å². The Balaban J connectivity index is 1.49. The molecule has 1 aliphatic rings. The van der Waals surface area contributed by atoms with Gasteiger partial charge in [0.15, 0.2) is 0 Å². The Hall–Kier alpha value is -2.29. The summed E-state index contributed by atoms with van der Waals surface area (Å²) in [6.07, 6.45) is 5.28. The Kier molecular flexibility index (Phi) is 5.52. The van der Waals surface area contributed by atoms with Gasteiger partial charge in [0.1, 0.15) is 5.75 Å². The topological polar surface area (TPSA) is 38.3 Å². The lowest BCUT2D eigenvalue weighted by Gasteiger charge is -2.20. The number of carbonyl (C=O) groups excluding carboxylic acids is 1. The van der Waals surface area contributed by atoms with Crippen molar-refractivity contribution in [1.82, 2.24) is 5.32 Å². The number of aryl methyl sites for hydroxylation is 2. The van der Waals surface area contributed by atoms with Gasteiger partial charge in [0.05, 0.1) is 19.1 Å². The maximum absolute atomic E-state index is 12.1. The van der Waals surface area contributed by atoms with Gasteiger partial charge in [-0.25, -0.2) is 0 Å². The molecular weight excluding hydrogens is 298 g/mol. The number of para-hydroxylation sites is 1. The van der Waals surface area contributed by atoms with Crippen molar-refractivity contribution in [1.29, 1.82) is 0 Å². The highest BCUT2D eigenvalue weighted by atomic mass is 16.5. The van der Waals surface area contributed by atoms with Crippen LogP contribution in [0.15, 0.2) is 48.5 Å². The van der Waals surface area contributed by atoms with Crippen LogP contribution in [-0.2, 0) is 17.6 Å². The molecule has 1 aliphatic carbocycles. The number of nitrogens with one attached hydrogen (secondary N) is 1. The van der Waals surface area contributed by atoms with E-state index in [0.717, 1.165) is 12.2 Å². The number of rotatable bonds is 6. The Morgan fingerprint density at radius 3 is 2.62 bits per heavy atom. The van der Waals surface area contributed by atoms with Crippen molar-refractivity contribution in [2.24, 2.45) is 0 Å². The van der Waals surface area contributed by atoms with Crippen LogP contribution in [0.25, 0.3) is 0 Å². The molecule has 0 saturated heterocycles. The number of fused-ring (bicyclic) bond motifs is 1. The molecule has 126 valence electrons. The van der Waals surface area contributed by atoms with Gasteiger partial charge in [0, 0.05) is 0 Å². The van der Waals surface area contributed by atoms with Crippen molar-refractivity contribution in [3.63, 3.8) is 0 Å². The van der Waals surface area contributed by atoms with Crippen molar-refractivity contribution in [2.75, 3.05) is 6.61 Å². The zero-order valence-corrected chi connectivity index (χ0v) is 14.3. The van der Waals surface area contributed by atoms with E-state index in [1.807, 2.05) is 37.3 Å². The number of carbonyl (C=O) groups is 1. The van der Waals surface area contributed by atoms with Crippen molar-refractivity contribution >= 4 is 5.91 Å². The minimum Gasteiger partial charge on any atom is -0.493 e. The van der Waals surface area contributed by atoms with E-state index in [-0.39, 0.29) is 11.9 Å². The van der Waals surface area contributed by atoms with E-state index in [4.69, 9.17) is 4.74 Å². The quantitative estimate of drug-likeness (QED) is 0.865. The number of benzene rings is 2. The second-order valence-corrected chi connectivity index (χ2v) is 6.44. The van der Waals surface area contributed by atoms with Crippen LogP contribution >= 0.6 is 0 Å². The van der Waals surface area contributed by atoms with Gasteiger partial charge in [0.25, 0.3) is 0 Å². The average Bonchev–Trinajstić information content (AvgIpc) is 2.62. The summed E-state index contributed by atoms with van der Waals surface area (Å²) in [4.78, 5) is 12.1. The summed E-state index contributed by atoms with van der Waals surface area (Å²) in [6, 6.07) is 16.3. The summed E-state index contributed by atoms with van der Waals surface area (Å²) < 4.78 is 5.58. The Bertz CT molecular complexity index is 681. The molecule has 3 heteroatoms. The molecule has 24 heavy (non-hydrogen) atoms. The highest BCUT2D eigenvalue weighted by Crippen LogP contribution is 2.24. The monoisotopic (exact) mass is 323 g/mol. The molecule has 0 aromatic heterocycles. The van der Waals surface area contributed by atoms with Crippen molar-refractivity contribution < 1.29 is 9.53 Å². The molecule has 0 fully saturated rings. The molecule has 2 aromatic rings. The third-order valence-corrected chi connectivity index (χ3v) is 4.59. The normalized spacial score (nSPS) is 14.5. The molecule has 0 radical (unpaired) electrons. The molecule has 0 spiro atoms. The minimum atomic E-state index is 0.0242. The lowest BCUT2D eigenvalue weighted by Crippen LogP contribution is -2.28. The largest absolute Gasteiger partial charge is 0.493 e. The third-order valence-electron chi connectivity index (χ3n) is 4.59. The molecule has 1 atom stereocenters. The first kappa shape index (κ1) is 16.6. The summed E-state index contributed by atoms with van der Waals surface area (Å²) in [7, 11) is 0. The molecule has 2 aromatic carbocycles. The average molecular weight is 323 g/mol. The smallest absolute Gasteiger partial charge is 0.223 e. The van der Waals surface area contributed by atoms with Crippen molar-refractivity contribution in [3.05, 3.63) is 65.2 Å². The molecule has 3 nitrogen and oxygen atoms in total. The molecular formula is C21H25NO2. The third kappa shape index (κ3) is 4.38. The maximum Gasteiger partial charge on any atom is 0.223 e. The van der Waals surface area contributed by atoms with E-state index < -0.39 is 0 Å². The first-order valence-corrected chi connectivity index (χ1v) is 8.81. The molecule has 0 saturated carbocycles. The van der Waals surface area contributed by atoms with Crippen LogP contribution in [-0.4, -0.2) is 12.5 Å². The van der Waals surface area contributed by atoms with Crippen LogP contribution in [0.4, 0.5) is 0 Å². The number of hydrogen-bond donors (Lipinski definition) is 1. The molecule has 1 unspecified atom stereocenters. The van der Waals surface area contributed by atoms with E-state index in [1.54, 1.807) is 0 Å². The Labute approximate surface area is 144 Å². The summed E-state index contributed by atoms with van der Waals surface area (Å²) in [6.45, 7) is 2.44. The fraction of sp³-hybridized carbons (Fsp3) is 0.381. The maximum atomic E-state index is 12.1. The van der Waals surface area contributed by atoms with E-state index in [1.165, 1.54) is 36.0 Å². The van der Waals surface area contributed by atoms with Gasteiger partial charge in [-0.05, 0) is 61.4 Å². The van der Waals surface area contributed by atoms with Gasteiger partial charge in [-0.2, -0.15) is 0 Å². The first-order chi connectivity index (χ1) is 11.7. The van der Waals surface area contributed by atoms with Crippen molar-refractivity contribution in [2.45, 2.75) is 45.1 Å². The molecule has 1 N–H and O–H groups in total. The van der Waals surface area contributed by atoms with Crippen LogP contribution < -0.4 is 10.1 Å². The second-order valence-electron chi connectivity index (χ2n) is 6.44. The lowest BCUT2D eigenvalue weighted by atomic mass is 9.89. The van der Waals surface area contributed by atoms with Gasteiger partial charge in [-0.1, -0.05) is 36.4 Å². The SMILES string of the molecule is CC(NC(=O)CCOc1ccccc1)c1ccc2c(c1)CCCC2. The molecule has 1 amide bonds. The van der Waals surface area contributed by atoms with Gasteiger partial charge in [0.2, 0.25) is 5.91 Å². The van der Waals surface area contributed by atoms with Crippen LogP contribution in [0.2, 0.25) is 0 Å². The van der Waals surface area contributed by atoms with E-state index >= 15 is 0 Å². The summed E-state index contributed by atoms with van der Waals surface area (Å²) in [5.41, 5.74) is 4.11. The molecule has 3 rings (SSSR count). The fourth-order valence-electron chi connectivity index (χ4n) is 3.20. The van der Waals surface area contributed by atoms with Crippen LogP contribution in [0.1, 0.15) is 48.9 Å². The Morgan fingerprint density at radius 1 is 1.08 bits per heavy atom. The predicted molar refractivity (Wildman–Crippen MR) is 96.2 cm³/mol. The number of ether oxygens (including phenoxy) is 1. The van der Waals surface area contributed by atoms with Crippen LogP contribution in [0.5, 0.6) is 5.75 Å². The van der Waals surface area contributed by atoms with Crippen molar-refractivity contribution in [3.8, 4) is 5.75 Å². The second kappa shape index (κ2) is 8.00. The minimum absolute atomic E-state index is 0.0242. The van der Waals surface area contributed by atoms with E-state index in [9.17, 15) is 4.79 Å². The molecule has 0 bridgehead atoms. The van der Waals surface area contributed by atoms with E-state index in [0.29, 0.717) is 13.0 Å². The zero-order chi connectivity index (χ0) is 16.8. The molecule has 0 heterocycles.